The van der Waals surface area contributed by atoms with Gasteiger partial charge in [-0.25, -0.2) is 0 Å². The Balaban J connectivity index is 1.71. The minimum atomic E-state index is 0.466. The van der Waals surface area contributed by atoms with Gasteiger partial charge in [0.25, 0.3) is 0 Å². The first-order chi connectivity index (χ1) is 8.77. The molecule has 1 aliphatic heterocycles. The van der Waals surface area contributed by atoms with E-state index < -0.39 is 0 Å². The van der Waals surface area contributed by atoms with E-state index in [-0.39, 0.29) is 0 Å². The maximum absolute atomic E-state index is 5.56. The fourth-order valence-corrected chi connectivity index (χ4v) is 1.84. The number of rotatable bonds is 12. The largest absolute Gasteiger partial charge is 0.379 e. The van der Waals surface area contributed by atoms with Crippen molar-refractivity contribution in [2.75, 3.05) is 52.7 Å². The van der Waals surface area contributed by atoms with Gasteiger partial charge in [0.2, 0.25) is 0 Å². The van der Waals surface area contributed by atoms with E-state index in [1.165, 1.54) is 6.42 Å². The Morgan fingerprint density at radius 3 is 1.94 bits per heavy atom. The Labute approximate surface area is 111 Å². The molecule has 0 atom stereocenters. The molecule has 0 amide bonds. The van der Waals surface area contributed by atoms with E-state index in [0.29, 0.717) is 31.8 Å². The summed E-state index contributed by atoms with van der Waals surface area (Å²) < 4.78 is 16.4. The van der Waals surface area contributed by atoms with Gasteiger partial charge in [-0.2, -0.15) is 0 Å². The van der Waals surface area contributed by atoms with Crippen LogP contribution >= 0.6 is 0 Å². The van der Waals surface area contributed by atoms with Gasteiger partial charge in [-0.1, -0.05) is 20.3 Å². The monoisotopic (exact) mass is 259 g/mol. The van der Waals surface area contributed by atoms with Gasteiger partial charge in [-0.05, 0) is 18.3 Å². The highest BCUT2D eigenvalue weighted by atomic mass is 16.5. The van der Waals surface area contributed by atoms with Crippen LogP contribution in [0.15, 0.2) is 0 Å². The summed E-state index contributed by atoms with van der Waals surface area (Å²) in [5.74, 6) is 0. The van der Waals surface area contributed by atoms with Crippen molar-refractivity contribution in [2.45, 2.75) is 33.1 Å². The third-order valence-electron chi connectivity index (χ3n) is 3.34. The highest BCUT2D eigenvalue weighted by Gasteiger charge is 2.30. The number of unbranched alkanes of at least 4 members (excludes halogenated alkanes) is 1. The molecular weight excluding hydrogens is 230 g/mol. The maximum atomic E-state index is 5.56. The lowest BCUT2D eigenvalue weighted by atomic mass is 9.81. The molecule has 1 aliphatic rings. The minimum absolute atomic E-state index is 0.466. The molecule has 1 rings (SSSR count). The lowest BCUT2D eigenvalue weighted by Gasteiger charge is -2.39. The molecule has 0 radical (unpaired) electrons. The predicted octanol–water partition coefficient (Wildman–Crippen LogP) is 1.84. The molecule has 0 aromatic heterocycles. The van der Waals surface area contributed by atoms with Crippen LogP contribution in [0.3, 0.4) is 0 Å². The van der Waals surface area contributed by atoms with Crippen LogP contribution in [0.25, 0.3) is 0 Å². The second-order valence-corrected chi connectivity index (χ2v) is 5.35. The van der Waals surface area contributed by atoms with Crippen LogP contribution in [0.5, 0.6) is 0 Å². The third-order valence-corrected chi connectivity index (χ3v) is 3.34. The molecule has 0 spiro atoms. The summed E-state index contributed by atoms with van der Waals surface area (Å²) in [6, 6.07) is 0. The molecule has 108 valence electrons. The molecule has 0 aliphatic carbocycles. The second-order valence-electron chi connectivity index (χ2n) is 5.35. The van der Waals surface area contributed by atoms with Crippen molar-refractivity contribution in [3.8, 4) is 0 Å². The molecule has 1 saturated heterocycles. The van der Waals surface area contributed by atoms with Crippen LogP contribution in [0.4, 0.5) is 0 Å². The van der Waals surface area contributed by atoms with Crippen molar-refractivity contribution < 1.29 is 14.2 Å². The highest BCUT2D eigenvalue weighted by molar-refractivity contribution is 4.87. The van der Waals surface area contributed by atoms with Gasteiger partial charge in [-0.15, -0.1) is 0 Å². The molecule has 1 fully saturated rings. The standard InChI is InChI=1S/C14H29NO3/c1-3-4-6-16-8-10-18-11-9-17-7-5-14(2)12-15-13-14/h15H,3-13H2,1-2H3. The quantitative estimate of drug-likeness (QED) is 0.543. The molecule has 18 heavy (non-hydrogen) atoms. The van der Waals surface area contributed by atoms with Crippen LogP contribution in [0, 0.1) is 5.41 Å². The normalized spacial score (nSPS) is 17.7. The SMILES string of the molecule is CCCCOCCOCCOCCC1(C)CNC1. The Kier molecular flexibility index (Phi) is 8.59. The Bertz CT molecular complexity index is 195. The smallest absolute Gasteiger partial charge is 0.0701 e. The van der Waals surface area contributed by atoms with Crippen molar-refractivity contribution in [3.05, 3.63) is 0 Å². The van der Waals surface area contributed by atoms with Gasteiger partial charge in [0.15, 0.2) is 0 Å². The minimum Gasteiger partial charge on any atom is -0.379 e. The van der Waals surface area contributed by atoms with Gasteiger partial charge in [-0.3, -0.25) is 0 Å². The molecule has 0 saturated carbocycles. The average molecular weight is 259 g/mol. The van der Waals surface area contributed by atoms with Crippen molar-refractivity contribution >= 4 is 0 Å². The van der Waals surface area contributed by atoms with Gasteiger partial charge < -0.3 is 19.5 Å². The van der Waals surface area contributed by atoms with E-state index in [9.17, 15) is 0 Å². The molecule has 0 aromatic rings. The number of ether oxygens (including phenoxy) is 3. The highest BCUT2D eigenvalue weighted by Crippen LogP contribution is 2.25. The first kappa shape index (κ1) is 15.9. The van der Waals surface area contributed by atoms with Gasteiger partial charge in [0.05, 0.1) is 26.4 Å². The van der Waals surface area contributed by atoms with Crippen molar-refractivity contribution in [1.82, 2.24) is 5.32 Å². The topological polar surface area (TPSA) is 39.7 Å². The Morgan fingerprint density at radius 1 is 0.889 bits per heavy atom. The average Bonchev–Trinajstić information content (AvgIpc) is 2.34. The zero-order valence-electron chi connectivity index (χ0n) is 12.0. The van der Waals surface area contributed by atoms with Gasteiger partial charge in [0, 0.05) is 26.3 Å². The molecule has 1 heterocycles. The summed E-state index contributed by atoms with van der Waals surface area (Å²) >= 11 is 0. The third kappa shape index (κ3) is 7.31. The molecule has 0 bridgehead atoms. The molecule has 0 unspecified atom stereocenters. The molecule has 1 N–H and O–H groups in total. The molecule has 4 heteroatoms. The van der Waals surface area contributed by atoms with Crippen LogP contribution in [0.2, 0.25) is 0 Å². The second kappa shape index (κ2) is 9.73. The fraction of sp³-hybridized carbons (Fsp3) is 1.00. The first-order valence-corrected chi connectivity index (χ1v) is 7.21. The first-order valence-electron chi connectivity index (χ1n) is 7.21. The Morgan fingerprint density at radius 2 is 1.44 bits per heavy atom. The maximum Gasteiger partial charge on any atom is 0.0701 e. The van der Waals surface area contributed by atoms with E-state index in [0.717, 1.165) is 39.1 Å². The summed E-state index contributed by atoms with van der Waals surface area (Å²) in [6.45, 7) is 11.2. The van der Waals surface area contributed by atoms with E-state index in [4.69, 9.17) is 14.2 Å². The van der Waals surface area contributed by atoms with Crippen molar-refractivity contribution in [3.63, 3.8) is 0 Å². The van der Waals surface area contributed by atoms with Crippen LogP contribution in [-0.2, 0) is 14.2 Å². The molecular formula is C14H29NO3. The zero-order valence-corrected chi connectivity index (χ0v) is 12.0. The fourth-order valence-electron chi connectivity index (χ4n) is 1.84. The predicted molar refractivity (Wildman–Crippen MR) is 73.0 cm³/mol. The lowest BCUT2D eigenvalue weighted by molar-refractivity contribution is 0.00531. The summed E-state index contributed by atoms with van der Waals surface area (Å²) in [5.41, 5.74) is 0.466. The van der Waals surface area contributed by atoms with E-state index >= 15 is 0 Å². The van der Waals surface area contributed by atoms with Crippen molar-refractivity contribution in [1.29, 1.82) is 0 Å². The van der Waals surface area contributed by atoms with Gasteiger partial charge >= 0.3 is 0 Å². The van der Waals surface area contributed by atoms with Crippen molar-refractivity contribution in [2.24, 2.45) is 5.41 Å². The number of hydrogen-bond donors (Lipinski definition) is 1. The van der Waals surface area contributed by atoms with Crippen LogP contribution < -0.4 is 5.32 Å². The molecule has 0 aromatic carbocycles. The zero-order chi connectivity index (χ0) is 13.1. The summed E-state index contributed by atoms with van der Waals surface area (Å²) in [5, 5.41) is 3.30. The number of hydrogen-bond acceptors (Lipinski definition) is 4. The van der Waals surface area contributed by atoms with Crippen LogP contribution in [0.1, 0.15) is 33.1 Å². The van der Waals surface area contributed by atoms with E-state index in [1.807, 2.05) is 0 Å². The number of nitrogens with one attached hydrogen (secondary N) is 1. The summed E-state index contributed by atoms with van der Waals surface area (Å²) in [7, 11) is 0. The summed E-state index contributed by atoms with van der Waals surface area (Å²) in [4.78, 5) is 0. The van der Waals surface area contributed by atoms with Gasteiger partial charge in [0.1, 0.15) is 0 Å². The Hall–Kier alpha value is -0.160. The van der Waals surface area contributed by atoms with E-state index in [2.05, 4.69) is 19.2 Å². The molecule has 4 nitrogen and oxygen atoms in total. The van der Waals surface area contributed by atoms with E-state index in [1.54, 1.807) is 0 Å². The van der Waals surface area contributed by atoms with Crippen LogP contribution in [-0.4, -0.2) is 52.7 Å². The summed E-state index contributed by atoms with van der Waals surface area (Å²) in [6.07, 6.45) is 3.46. The lowest BCUT2D eigenvalue weighted by Crippen LogP contribution is -2.51.